The molecule has 0 N–H and O–H groups in total. The molecule has 3 aromatic rings. The topological polar surface area (TPSA) is 44.3 Å². The van der Waals surface area contributed by atoms with Gasteiger partial charge in [0, 0.05) is 22.0 Å². The molecule has 0 radical (unpaired) electrons. The molecule has 1 aromatic heterocycles. The van der Waals surface area contributed by atoms with E-state index in [-0.39, 0.29) is 22.8 Å². The average Bonchev–Trinajstić information content (AvgIpc) is 2.94. The largest absolute Gasteiger partial charge is 1.00 e. The van der Waals surface area contributed by atoms with Gasteiger partial charge >= 0.3 is 0 Å². The summed E-state index contributed by atoms with van der Waals surface area (Å²) in [4.78, 5) is 13.1. The molecular formula is C24H24Br2N2O3. The van der Waals surface area contributed by atoms with Crippen LogP contribution in [0.4, 0.5) is 0 Å². The standard InChI is InChI=1S/C24H24BrN2O3.BrH/c25-19-8-5-17(6-9-19)20-15-26(24-4-2-1-3-11-27(20)24)16-21(28)18-7-10-22-23(14-18)30-13-12-29-22;/h5-10,14-15H,1-4,11-13,16H2;1H/q+1;/p-1. The molecule has 5 nitrogen and oxygen atoms in total. The molecule has 7 heteroatoms. The molecule has 5 rings (SSSR count). The van der Waals surface area contributed by atoms with Crippen molar-refractivity contribution in [2.24, 2.45) is 0 Å². The zero-order valence-corrected chi connectivity index (χ0v) is 20.3. The molecule has 0 amide bonds. The maximum Gasteiger partial charge on any atom is 0.257 e. The van der Waals surface area contributed by atoms with E-state index in [0.717, 1.165) is 23.9 Å². The van der Waals surface area contributed by atoms with Crippen LogP contribution in [0.25, 0.3) is 11.3 Å². The molecule has 0 unspecified atom stereocenters. The Kier molecular flexibility index (Phi) is 6.82. The quantitative estimate of drug-likeness (QED) is 0.368. The summed E-state index contributed by atoms with van der Waals surface area (Å²) in [5.41, 5.74) is 3.01. The van der Waals surface area contributed by atoms with Crippen LogP contribution in [0.15, 0.2) is 53.1 Å². The van der Waals surface area contributed by atoms with Gasteiger partial charge in [-0.3, -0.25) is 4.79 Å². The van der Waals surface area contributed by atoms with Crippen molar-refractivity contribution < 1.29 is 35.8 Å². The fourth-order valence-electron chi connectivity index (χ4n) is 4.29. The Bertz CT molecular complexity index is 1090. The minimum Gasteiger partial charge on any atom is -1.00 e. The predicted octanol–water partition coefficient (Wildman–Crippen LogP) is 1.59. The highest BCUT2D eigenvalue weighted by Crippen LogP contribution is 2.31. The zero-order valence-electron chi connectivity index (χ0n) is 17.2. The Balaban J connectivity index is 0.00000231. The number of fused-ring (bicyclic) bond motifs is 2. The summed E-state index contributed by atoms with van der Waals surface area (Å²) in [6.07, 6.45) is 6.67. The molecule has 2 aromatic carbocycles. The molecule has 0 aliphatic carbocycles. The number of halogens is 2. The van der Waals surface area contributed by atoms with Gasteiger partial charge in [0.25, 0.3) is 5.82 Å². The number of Topliss-reactive ketones (excluding diaryl/α,β-unsaturated/α-hetero) is 1. The van der Waals surface area contributed by atoms with Gasteiger partial charge in [-0.05, 0) is 61.7 Å². The van der Waals surface area contributed by atoms with Crippen molar-refractivity contribution >= 4 is 21.7 Å². The van der Waals surface area contributed by atoms with E-state index in [4.69, 9.17) is 9.47 Å². The van der Waals surface area contributed by atoms with E-state index in [1.807, 2.05) is 18.2 Å². The summed E-state index contributed by atoms with van der Waals surface area (Å²) >= 11 is 3.52. The van der Waals surface area contributed by atoms with Crippen molar-refractivity contribution in [1.29, 1.82) is 0 Å². The molecule has 0 bridgehead atoms. The fraction of sp³-hybridized carbons (Fsp3) is 0.333. The second kappa shape index (κ2) is 9.57. The molecule has 2 aliphatic rings. The van der Waals surface area contributed by atoms with Crippen LogP contribution >= 0.6 is 15.9 Å². The molecule has 0 spiro atoms. The summed E-state index contributed by atoms with van der Waals surface area (Å²) in [6.45, 7) is 2.38. The lowest BCUT2D eigenvalue weighted by Gasteiger charge is -2.18. The minimum absolute atomic E-state index is 0. The number of ketones is 1. The second-order valence-corrected chi connectivity index (χ2v) is 8.72. The first kappa shape index (κ1) is 22.1. The highest BCUT2D eigenvalue weighted by atomic mass is 79.9. The zero-order chi connectivity index (χ0) is 20.5. The third-order valence-electron chi connectivity index (χ3n) is 5.81. The van der Waals surface area contributed by atoms with Crippen molar-refractivity contribution in [1.82, 2.24) is 4.57 Å². The number of carbonyl (C=O) groups excluding carboxylic acids is 1. The van der Waals surface area contributed by atoms with Gasteiger partial charge in [0.2, 0.25) is 5.78 Å². The summed E-state index contributed by atoms with van der Waals surface area (Å²) in [5.74, 6) is 2.68. The molecule has 0 saturated heterocycles. The van der Waals surface area contributed by atoms with E-state index >= 15 is 0 Å². The molecule has 162 valence electrons. The first-order chi connectivity index (χ1) is 14.7. The number of rotatable bonds is 4. The van der Waals surface area contributed by atoms with Crippen molar-refractivity contribution in [2.75, 3.05) is 13.2 Å². The number of nitrogens with zero attached hydrogens (tertiary/aromatic N) is 2. The number of benzene rings is 2. The molecule has 31 heavy (non-hydrogen) atoms. The average molecular weight is 548 g/mol. The van der Waals surface area contributed by atoms with Gasteiger partial charge in [0.1, 0.15) is 19.4 Å². The summed E-state index contributed by atoms with van der Waals surface area (Å²) in [7, 11) is 0. The summed E-state index contributed by atoms with van der Waals surface area (Å²) in [6, 6.07) is 13.9. The van der Waals surface area contributed by atoms with Crippen LogP contribution in [0, 0.1) is 0 Å². The van der Waals surface area contributed by atoms with Crippen molar-refractivity contribution in [2.45, 2.75) is 38.8 Å². The van der Waals surface area contributed by atoms with E-state index in [1.54, 1.807) is 0 Å². The van der Waals surface area contributed by atoms with Crippen LogP contribution in [0.2, 0.25) is 0 Å². The summed E-state index contributed by atoms with van der Waals surface area (Å²) < 4.78 is 16.8. The normalized spacial score (nSPS) is 14.9. The molecular weight excluding hydrogens is 524 g/mol. The van der Waals surface area contributed by atoms with E-state index in [0.29, 0.717) is 36.8 Å². The molecule has 2 aliphatic heterocycles. The Morgan fingerprint density at radius 2 is 1.77 bits per heavy atom. The van der Waals surface area contributed by atoms with Crippen molar-refractivity contribution in [3.05, 3.63) is 64.5 Å². The maximum atomic E-state index is 13.1. The van der Waals surface area contributed by atoms with Gasteiger partial charge in [-0.2, -0.15) is 0 Å². The van der Waals surface area contributed by atoms with Gasteiger partial charge < -0.3 is 26.5 Å². The van der Waals surface area contributed by atoms with Gasteiger partial charge in [0.05, 0.1) is 6.54 Å². The number of aromatic nitrogens is 2. The highest BCUT2D eigenvalue weighted by Gasteiger charge is 2.27. The van der Waals surface area contributed by atoms with E-state index in [1.165, 1.54) is 29.9 Å². The van der Waals surface area contributed by atoms with Crippen LogP contribution in [0.5, 0.6) is 11.5 Å². The highest BCUT2D eigenvalue weighted by molar-refractivity contribution is 9.10. The minimum atomic E-state index is 0. The van der Waals surface area contributed by atoms with Crippen LogP contribution in [-0.2, 0) is 19.5 Å². The van der Waals surface area contributed by atoms with Crippen LogP contribution in [-0.4, -0.2) is 23.6 Å². The van der Waals surface area contributed by atoms with Crippen LogP contribution < -0.4 is 31.0 Å². The number of hydrogen-bond acceptors (Lipinski definition) is 3. The van der Waals surface area contributed by atoms with Crippen molar-refractivity contribution in [3.8, 4) is 22.8 Å². The van der Waals surface area contributed by atoms with E-state index < -0.39 is 0 Å². The van der Waals surface area contributed by atoms with Crippen LogP contribution in [0.3, 0.4) is 0 Å². The number of imidazole rings is 1. The number of hydrogen-bond donors (Lipinski definition) is 0. The summed E-state index contributed by atoms with van der Waals surface area (Å²) in [5, 5.41) is 0. The Hall–Kier alpha value is -2.12. The molecule has 0 saturated carbocycles. The van der Waals surface area contributed by atoms with Gasteiger partial charge in [-0.1, -0.05) is 15.9 Å². The molecule has 3 heterocycles. The predicted molar refractivity (Wildman–Crippen MR) is 117 cm³/mol. The first-order valence-electron chi connectivity index (χ1n) is 10.5. The fourth-order valence-corrected chi connectivity index (χ4v) is 4.56. The lowest BCUT2D eigenvalue weighted by molar-refractivity contribution is -0.690. The molecule has 0 atom stereocenters. The van der Waals surface area contributed by atoms with Crippen LogP contribution in [0.1, 0.15) is 35.4 Å². The van der Waals surface area contributed by atoms with E-state index in [9.17, 15) is 4.79 Å². The Morgan fingerprint density at radius 3 is 2.58 bits per heavy atom. The second-order valence-electron chi connectivity index (χ2n) is 7.81. The lowest BCUT2D eigenvalue weighted by atomic mass is 10.1. The number of carbonyl (C=O) groups is 1. The van der Waals surface area contributed by atoms with Crippen molar-refractivity contribution in [3.63, 3.8) is 0 Å². The Labute approximate surface area is 200 Å². The van der Waals surface area contributed by atoms with Gasteiger partial charge in [-0.15, -0.1) is 0 Å². The van der Waals surface area contributed by atoms with Gasteiger partial charge in [0.15, 0.2) is 23.7 Å². The molecule has 0 fully saturated rings. The third-order valence-corrected chi connectivity index (χ3v) is 6.34. The first-order valence-corrected chi connectivity index (χ1v) is 11.3. The lowest BCUT2D eigenvalue weighted by Crippen LogP contribution is -3.00. The Morgan fingerprint density at radius 1 is 1.00 bits per heavy atom. The van der Waals surface area contributed by atoms with E-state index in [2.05, 4.69) is 55.5 Å². The van der Waals surface area contributed by atoms with Gasteiger partial charge in [-0.25, -0.2) is 9.13 Å². The maximum absolute atomic E-state index is 13.1. The number of ether oxygens (including phenoxy) is 2. The monoisotopic (exact) mass is 546 g/mol. The smallest absolute Gasteiger partial charge is 0.257 e. The third kappa shape index (κ3) is 4.58. The SMILES string of the molecule is O=C(C[n+]1cc(-c2ccc(Br)cc2)n2c1CCCCC2)c1ccc2c(c1)OCCO2.[Br-].